The molecule has 0 aliphatic carbocycles. The molecule has 3 amide bonds. The Hall–Kier alpha value is -4.29. The first-order valence-corrected chi connectivity index (χ1v) is 24.1. The highest BCUT2D eigenvalue weighted by atomic mass is 16.2. The SMILES string of the molecule is C.C.C.CC(C)NC1CC2CCC(C1)N2C(=O)CCCc1cn[nH]n1.CC(C)NC1CCN(C(=O)CCCCc2cn[nH]n2)CC1.CC(C)NC1CCN(C(=O)CCCc2cn[nH]n2)CC1. The molecule has 4 fully saturated rings. The summed E-state index contributed by atoms with van der Waals surface area (Å²) >= 11 is 0. The van der Waals surface area contributed by atoms with Gasteiger partial charge in [0.05, 0.1) is 35.7 Å². The van der Waals surface area contributed by atoms with Gasteiger partial charge in [-0.3, -0.25) is 14.4 Å². The Morgan fingerprint density at radius 3 is 1.23 bits per heavy atom. The van der Waals surface area contributed by atoms with Crippen molar-refractivity contribution in [2.75, 3.05) is 26.2 Å². The van der Waals surface area contributed by atoms with Gasteiger partial charge >= 0.3 is 0 Å². The third-order valence-corrected chi connectivity index (χ3v) is 12.5. The van der Waals surface area contributed by atoms with Crippen molar-refractivity contribution in [1.82, 2.24) is 76.9 Å². The molecule has 0 aromatic carbocycles. The lowest BCUT2D eigenvalue weighted by atomic mass is 9.96. The van der Waals surface area contributed by atoms with Crippen LogP contribution in [-0.2, 0) is 33.6 Å². The van der Waals surface area contributed by atoms with Gasteiger partial charge in [0, 0.05) is 93.8 Å². The molecule has 4 aliphatic rings. The monoisotopic (exact) mass is 926 g/mol. The lowest BCUT2D eigenvalue weighted by Gasteiger charge is -2.40. The Morgan fingerprint density at radius 1 is 0.515 bits per heavy atom. The molecular weight excluding hydrogens is 835 g/mol. The quantitative estimate of drug-likeness (QED) is 0.0743. The number of amides is 3. The second-order valence-corrected chi connectivity index (χ2v) is 18.9. The summed E-state index contributed by atoms with van der Waals surface area (Å²) < 4.78 is 0. The highest BCUT2D eigenvalue weighted by Crippen LogP contribution is 2.36. The number of H-pyrrole nitrogens is 3. The Kier molecular flexibility index (Phi) is 27.1. The van der Waals surface area contributed by atoms with E-state index in [2.05, 4.69) is 109 Å². The maximum Gasteiger partial charge on any atom is 0.223 e. The van der Waals surface area contributed by atoms with Gasteiger partial charge in [-0.1, -0.05) is 63.8 Å². The predicted molar refractivity (Wildman–Crippen MR) is 263 cm³/mol. The van der Waals surface area contributed by atoms with Crippen LogP contribution in [0.4, 0.5) is 0 Å². The topological polar surface area (TPSA) is 222 Å². The fourth-order valence-corrected chi connectivity index (χ4v) is 9.63. The van der Waals surface area contributed by atoms with Gasteiger partial charge in [-0.05, 0) is 96.3 Å². The van der Waals surface area contributed by atoms with E-state index in [1.165, 1.54) is 12.8 Å². The van der Waals surface area contributed by atoms with Crippen molar-refractivity contribution >= 4 is 17.7 Å². The molecule has 2 bridgehead atoms. The molecule has 7 rings (SSSR count). The van der Waals surface area contributed by atoms with Crippen LogP contribution in [0.25, 0.3) is 0 Å². The maximum absolute atomic E-state index is 12.6. The van der Waals surface area contributed by atoms with Gasteiger partial charge < -0.3 is 30.7 Å². The fraction of sp³-hybridized carbons (Fsp3) is 0.812. The summed E-state index contributed by atoms with van der Waals surface area (Å²) in [4.78, 5) is 43.1. The average Bonchev–Trinajstić information content (AvgIpc) is 4.10. The second-order valence-electron chi connectivity index (χ2n) is 18.9. The number of unbranched alkanes of at least 4 members (excludes halogenated alkanes) is 1. The summed E-state index contributed by atoms with van der Waals surface area (Å²) in [5.41, 5.74) is 2.84. The summed E-state index contributed by atoms with van der Waals surface area (Å²) in [6.07, 6.45) is 22.1. The Labute approximate surface area is 397 Å². The maximum atomic E-state index is 12.6. The number of hydrogen-bond acceptors (Lipinski definition) is 12. The van der Waals surface area contributed by atoms with Crippen LogP contribution in [0.5, 0.6) is 0 Å². The molecule has 2 unspecified atom stereocenters. The molecule has 4 saturated heterocycles. The first-order chi connectivity index (χ1) is 30.4. The lowest BCUT2D eigenvalue weighted by Crippen LogP contribution is -2.52. The molecule has 18 heteroatoms. The van der Waals surface area contributed by atoms with Crippen LogP contribution >= 0.6 is 0 Å². The number of rotatable bonds is 19. The minimum Gasteiger partial charge on any atom is -0.343 e. The fourth-order valence-electron chi connectivity index (χ4n) is 9.63. The van der Waals surface area contributed by atoms with E-state index in [0.29, 0.717) is 79.4 Å². The van der Waals surface area contributed by atoms with Crippen LogP contribution in [0.1, 0.15) is 177 Å². The third-order valence-electron chi connectivity index (χ3n) is 12.5. The van der Waals surface area contributed by atoms with Crippen LogP contribution in [0.2, 0.25) is 0 Å². The van der Waals surface area contributed by atoms with E-state index in [1.807, 2.05) is 9.80 Å². The first-order valence-electron chi connectivity index (χ1n) is 24.1. The largest absolute Gasteiger partial charge is 0.343 e. The molecule has 0 radical (unpaired) electrons. The van der Waals surface area contributed by atoms with E-state index in [0.717, 1.165) is 127 Å². The van der Waals surface area contributed by atoms with Crippen molar-refractivity contribution in [1.29, 1.82) is 0 Å². The zero-order chi connectivity index (χ0) is 45.0. The summed E-state index contributed by atoms with van der Waals surface area (Å²) in [7, 11) is 0. The molecule has 376 valence electrons. The van der Waals surface area contributed by atoms with E-state index in [-0.39, 0.29) is 28.2 Å². The van der Waals surface area contributed by atoms with Crippen molar-refractivity contribution in [3.63, 3.8) is 0 Å². The molecule has 0 spiro atoms. The Balaban J connectivity index is 0.000000333. The van der Waals surface area contributed by atoms with Crippen molar-refractivity contribution in [3.05, 3.63) is 35.7 Å². The summed E-state index contributed by atoms with van der Waals surface area (Å²) in [5.74, 6) is 0.911. The number of aromatic nitrogens is 9. The smallest absolute Gasteiger partial charge is 0.223 e. The molecule has 18 nitrogen and oxygen atoms in total. The average molecular weight is 926 g/mol. The van der Waals surface area contributed by atoms with Gasteiger partial charge in [-0.25, -0.2) is 0 Å². The van der Waals surface area contributed by atoms with E-state index in [4.69, 9.17) is 0 Å². The molecule has 3 aromatic heterocycles. The Morgan fingerprint density at radius 2 is 0.864 bits per heavy atom. The standard InChI is InChI=1S/C16H27N5O.C15H27N5O.C14H25N5O.3CH4/c1-11(2)18-13-8-14-6-7-15(9-13)21(14)16(22)5-3-4-12-10-17-20-19-12;1-12(2)17-13-7-9-20(10-8-13)15(21)6-4-3-5-14-11-16-19-18-14;1-11(2)16-12-6-8-19(9-7-12)14(20)5-3-4-13-10-15-18-17-13;;;/h10-11,13-15,18H,3-9H2,1-2H3,(H,17,19,20);11-13,17H,3-10H2,1-2H3,(H,16,18,19);10-12,16H,3-9H2,1-2H3,(H,15,17,18);3*1H4. The zero-order valence-corrected chi connectivity index (χ0v) is 39.2. The normalized spacial score (nSPS) is 19.6. The van der Waals surface area contributed by atoms with Crippen LogP contribution in [0, 0.1) is 0 Å². The van der Waals surface area contributed by atoms with Crippen LogP contribution in [0.15, 0.2) is 18.6 Å². The van der Waals surface area contributed by atoms with Gasteiger partial charge in [0.1, 0.15) is 0 Å². The number of carbonyl (C=O) groups is 3. The van der Waals surface area contributed by atoms with Crippen LogP contribution < -0.4 is 16.0 Å². The molecule has 6 N–H and O–H groups in total. The number of piperidine rings is 3. The molecule has 7 heterocycles. The van der Waals surface area contributed by atoms with Gasteiger partial charge in [0.25, 0.3) is 0 Å². The van der Waals surface area contributed by atoms with Crippen LogP contribution in [-0.4, -0.2) is 153 Å². The molecule has 2 atom stereocenters. The van der Waals surface area contributed by atoms with Gasteiger partial charge in [0.15, 0.2) is 0 Å². The van der Waals surface area contributed by atoms with E-state index in [9.17, 15) is 14.4 Å². The number of aromatic amines is 3. The highest BCUT2D eigenvalue weighted by Gasteiger charge is 2.42. The summed E-state index contributed by atoms with van der Waals surface area (Å²) in [6.45, 7) is 16.6. The van der Waals surface area contributed by atoms with E-state index < -0.39 is 0 Å². The first kappa shape index (κ1) is 57.8. The number of nitrogens with one attached hydrogen (secondary N) is 6. The summed E-state index contributed by atoms with van der Waals surface area (Å²) in [5, 5.41) is 41.9. The van der Waals surface area contributed by atoms with Crippen molar-refractivity contribution < 1.29 is 14.4 Å². The molecule has 3 aromatic rings. The zero-order valence-electron chi connectivity index (χ0n) is 39.2. The van der Waals surface area contributed by atoms with Gasteiger partial charge in [0.2, 0.25) is 17.7 Å². The minimum absolute atomic E-state index is 0. The predicted octanol–water partition coefficient (Wildman–Crippen LogP) is 6.18. The second kappa shape index (κ2) is 30.9. The van der Waals surface area contributed by atoms with Crippen molar-refractivity contribution in [3.8, 4) is 0 Å². The van der Waals surface area contributed by atoms with Gasteiger partial charge in [-0.15, -0.1) is 0 Å². The molecule has 4 aliphatic heterocycles. The third kappa shape index (κ3) is 20.3. The number of aryl methyl sites for hydroxylation is 3. The molecular formula is C48H91N15O3. The van der Waals surface area contributed by atoms with Crippen LogP contribution in [0.3, 0.4) is 0 Å². The molecule has 0 saturated carbocycles. The highest BCUT2D eigenvalue weighted by molar-refractivity contribution is 5.77. The van der Waals surface area contributed by atoms with E-state index in [1.54, 1.807) is 18.6 Å². The van der Waals surface area contributed by atoms with Gasteiger partial charge in [-0.2, -0.15) is 46.2 Å². The van der Waals surface area contributed by atoms with Crippen molar-refractivity contribution in [2.24, 2.45) is 0 Å². The number of carbonyl (C=O) groups excluding carboxylic acids is 3. The lowest BCUT2D eigenvalue weighted by molar-refractivity contribution is -0.136. The number of likely N-dealkylation sites (tertiary alicyclic amines) is 2. The minimum atomic E-state index is 0. The number of nitrogens with zero attached hydrogens (tertiary/aromatic N) is 9. The summed E-state index contributed by atoms with van der Waals surface area (Å²) in [6, 6.07) is 4.18. The number of hydrogen-bond donors (Lipinski definition) is 6. The molecule has 66 heavy (non-hydrogen) atoms. The van der Waals surface area contributed by atoms with Crippen molar-refractivity contribution in [2.45, 2.75) is 228 Å². The van der Waals surface area contributed by atoms with E-state index >= 15 is 0 Å². The Bertz CT molecular complexity index is 1670. The number of fused-ring (bicyclic) bond motifs is 2.